The fraction of sp³-hybridized carbons (Fsp3) is 0.450. The summed E-state index contributed by atoms with van der Waals surface area (Å²) >= 11 is 0. The number of nitrogens with zero attached hydrogens (tertiary/aromatic N) is 3. The van der Waals surface area contributed by atoms with Crippen molar-refractivity contribution in [2.75, 3.05) is 18.4 Å². The molecule has 5 nitrogen and oxygen atoms in total. The van der Waals surface area contributed by atoms with Crippen LogP contribution in [0.1, 0.15) is 47.2 Å². The van der Waals surface area contributed by atoms with Crippen LogP contribution >= 0.6 is 0 Å². The lowest BCUT2D eigenvalue weighted by atomic mass is 10.00. The molecule has 1 aliphatic heterocycles. The Bertz CT molecular complexity index is 787. The average Bonchev–Trinajstić information content (AvgIpc) is 2.57. The Morgan fingerprint density at radius 2 is 2.00 bits per heavy atom. The SMILES string of the molecule is Cc1ccc(C)c(Nc2cc(C(=O)N3CCCC(C)C3)nc(C)n2)c1. The van der Waals surface area contributed by atoms with Crippen molar-refractivity contribution in [2.24, 2.45) is 5.92 Å². The van der Waals surface area contributed by atoms with Gasteiger partial charge in [0.15, 0.2) is 0 Å². The number of rotatable bonds is 3. The Morgan fingerprint density at radius 3 is 2.76 bits per heavy atom. The van der Waals surface area contributed by atoms with Crippen LogP contribution in [0.15, 0.2) is 24.3 Å². The summed E-state index contributed by atoms with van der Waals surface area (Å²) in [7, 11) is 0. The van der Waals surface area contributed by atoms with Crippen LogP contribution in [0.25, 0.3) is 0 Å². The lowest BCUT2D eigenvalue weighted by molar-refractivity contribution is 0.0676. The van der Waals surface area contributed by atoms with Crippen molar-refractivity contribution in [3.8, 4) is 0 Å². The molecule has 0 bridgehead atoms. The summed E-state index contributed by atoms with van der Waals surface area (Å²) in [5.41, 5.74) is 3.79. The molecular formula is C20H26N4O. The third-order valence-electron chi connectivity index (χ3n) is 4.66. The number of aromatic nitrogens is 2. The smallest absolute Gasteiger partial charge is 0.272 e. The number of aryl methyl sites for hydroxylation is 3. The van der Waals surface area contributed by atoms with E-state index in [1.54, 1.807) is 6.07 Å². The number of carbonyl (C=O) groups excluding carboxylic acids is 1. The highest BCUT2D eigenvalue weighted by Crippen LogP contribution is 2.22. The minimum Gasteiger partial charge on any atom is -0.340 e. The third-order valence-corrected chi connectivity index (χ3v) is 4.66. The molecule has 1 saturated heterocycles. The van der Waals surface area contributed by atoms with Crippen molar-refractivity contribution < 1.29 is 4.79 Å². The van der Waals surface area contributed by atoms with Gasteiger partial charge in [-0.3, -0.25) is 4.79 Å². The maximum absolute atomic E-state index is 12.8. The van der Waals surface area contributed by atoms with Crippen LogP contribution in [0.3, 0.4) is 0 Å². The number of amides is 1. The molecule has 1 aromatic carbocycles. The number of anilines is 2. The van der Waals surface area contributed by atoms with Gasteiger partial charge < -0.3 is 10.2 Å². The van der Waals surface area contributed by atoms with E-state index in [4.69, 9.17) is 0 Å². The van der Waals surface area contributed by atoms with Gasteiger partial charge in [0.2, 0.25) is 0 Å². The van der Waals surface area contributed by atoms with Crippen LogP contribution in [0.2, 0.25) is 0 Å². The van der Waals surface area contributed by atoms with Crippen LogP contribution < -0.4 is 5.32 Å². The first-order chi connectivity index (χ1) is 11.9. The summed E-state index contributed by atoms with van der Waals surface area (Å²) in [4.78, 5) is 23.6. The zero-order valence-corrected chi connectivity index (χ0v) is 15.5. The van der Waals surface area contributed by atoms with Gasteiger partial charge in [-0.1, -0.05) is 19.1 Å². The minimum absolute atomic E-state index is 0.000985. The second-order valence-electron chi connectivity index (χ2n) is 7.13. The molecule has 0 saturated carbocycles. The Labute approximate surface area is 149 Å². The van der Waals surface area contributed by atoms with Gasteiger partial charge in [0.05, 0.1) is 0 Å². The molecule has 1 atom stereocenters. The predicted molar refractivity (Wildman–Crippen MR) is 100 cm³/mol. The van der Waals surface area contributed by atoms with E-state index in [1.165, 1.54) is 12.0 Å². The van der Waals surface area contributed by atoms with Crippen LogP contribution in [-0.2, 0) is 0 Å². The van der Waals surface area contributed by atoms with Gasteiger partial charge in [0.1, 0.15) is 17.3 Å². The van der Waals surface area contributed by atoms with Gasteiger partial charge in [0, 0.05) is 24.8 Å². The summed E-state index contributed by atoms with van der Waals surface area (Å²) in [6.07, 6.45) is 2.25. The molecule has 3 rings (SSSR count). The number of hydrogen-bond donors (Lipinski definition) is 1. The van der Waals surface area contributed by atoms with E-state index in [1.807, 2.05) is 11.8 Å². The highest BCUT2D eigenvalue weighted by molar-refractivity contribution is 5.93. The topological polar surface area (TPSA) is 58.1 Å². The lowest BCUT2D eigenvalue weighted by Gasteiger charge is -2.30. The lowest BCUT2D eigenvalue weighted by Crippen LogP contribution is -2.39. The van der Waals surface area contributed by atoms with Crippen LogP contribution in [0.5, 0.6) is 0 Å². The fourth-order valence-electron chi connectivity index (χ4n) is 3.29. The molecule has 132 valence electrons. The number of carbonyl (C=O) groups is 1. The summed E-state index contributed by atoms with van der Waals surface area (Å²) in [6, 6.07) is 8.00. The molecule has 1 N–H and O–H groups in total. The van der Waals surface area contributed by atoms with Gasteiger partial charge in [-0.2, -0.15) is 0 Å². The first-order valence-electron chi connectivity index (χ1n) is 8.91. The first-order valence-corrected chi connectivity index (χ1v) is 8.91. The molecule has 1 fully saturated rings. The van der Waals surface area contributed by atoms with E-state index in [0.717, 1.165) is 30.8 Å². The van der Waals surface area contributed by atoms with Crippen LogP contribution in [0.4, 0.5) is 11.5 Å². The standard InChI is InChI=1S/C20H26N4O/c1-13-7-8-15(3)17(10-13)23-19-11-18(21-16(4)22-19)20(25)24-9-5-6-14(2)12-24/h7-8,10-11,14H,5-6,9,12H2,1-4H3,(H,21,22,23). The maximum atomic E-state index is 12.8. The molecule has 1 amide bonds. The maximum Gasteiger partial charge on any atom is 0.272 e. The van der Waals surface area contributed by atoms with Crippen LogP contribution in [0, 0.1) is 26.7 Å². The number of nitrogens with one attached hydrogen (secondary N) is 1. The molecule has 0 radical (unpaired) electrons. The Hall–Kier alpha value is -2.43. The molecule has 1 aromatic heterocycles. The Kier molecular flexibility index (Phi) is 5.02. The van der Waals surface area contributed by atoms with E-state index in [9.17, 15) is 4.79 Å². The van der Waals surface area contributed by atoms with Gasteiger partial charge in [-0.15, -0.1) is 0 Å². The monoisotopic (exact) mass is 338 g/mol. The van der Waals surface area contributed by atoms with Crippen molar-refractivity contribution in [3.63, 3.8) is 0 Å². The number of piperidine rings is 1. The summed E-state index contributed by atoms with van der Waals surface area (Å²) in [5.74, 6) is 1.81. The largest absolute Gasteiger partial charge is 0.340 e. The average molecular weight is 338 g/mol. The van der Waals surface area contributed by atoms with Gasteiger partial charge >= 0.3 is 0 Å². The molecule has 25 heavy (non-hydrogen) atoms. The molecule has 0 aliphatic carbocycles. The second kappa shape index (κ2) is 7.21. The van der Waals surface area contributed by atoms with E-state index < -0.39 is 0 Å². The Morgan fingerprint density at radius 1 is 1.20 bits per heavy atom. The minimum atomic E-state index is 0.000985. The summed E-state index contributed by atoms with van der Waals surface area (Å²) < 4.78 is 0. The summed E-state index contributed by atoms with van der Waals surface area (Å²) in [6.45, 7) is 9.75. The molecule has 0 spiro atoms. The number of hydrogen-bond acceptors (Lipinski definition) is 4. The van der Waals surface area contributed by atoms with Crippen molar-refractivity contribution in [2.45, 2.75) is 40.5 Å². The first kappa shape index (κ1) is 17.4. The fourth-order valence-corrected chi connectivity index (χ4v) is 3.29. The van der Waals surface area contributed by atoms with Crippen LogP contribution in [-0.4, -0.2) is 33.9 Å². The van der Waals surface area contributed by atoms with E-state index in [-0.39, 0.29) is 5.91 Å². The van der Waals surface area contributed by atoms with E-state index in [0.29, 0.717) is 23.3 Å². The third kappa shape index (κ3) is 4.16. The second-order valence-corrected chi connectivity index (χ2v) is 7.13. The van der Waals surface area contributed by atoms with Crippen molar-refractivity contribution in [1.29, 1.82) is 0 Å². The van der Waals surface area contributed by atoms with Crippen molar-refractivity contribution in [1.82, 2.24) is 14.9 Å². The van der Waals surface area contributed by atoms with Gasteiger partial charge in [0.25, 0.3) is 5.91 Å². The summed E-state index contributed by atoms with van der Waals surface area (Å²) in [5, 5.41) is 3.34. The number of benzene rings is 1. The van der Waals surface area contributed by atoms with Gasteiger partial charge in [-0.25, -0.2) is 9.97 Å². The normalized spacial score (nSPS) is 17.4. The van der Waals surface area contributed by atoms with Crippen molar-refractivity contribution in [3.05, 3.63) is 46.9 Å². The zero-order chi connectivity index (χ0) is 18.0. The number of likely N-dealkylation sites (tertiary alicyclic amines) is 1. The highest BCUT2D eigenvalue weighted by atomic mass is 16.2. The predicted octanol–water partition coefficient (Wildman–Crippen LogP) is 4.02. The van der Waals surface area contributed by atoms with Gasteiger partial charge in [-0.05, 0) is 56.7 Å². The van der Waals surface area contributed by atoms with E-state index in [2.05, 4.69) is 54.3 Å². The molecule has 1 unspecified atom stereocenters. The van der Waals surface area contributed by atoms with Crippen molar-refractivity contribution >= 4 is 17.4 Å². The highest BCUT2D eigenvalue weighted by Gasteiger charge is 2.23. The molecule has 2 aromatic rings. The molecule has 1 aliphatic rings. The van der Waals surface area contributed by atoms with E-state index >= 15 is 0 Å². The quantitative estimate of drug-likeness (QED) is 0.918. The zero-order valence-electron chi connectivity index (χ0n) is 15.5. The molecule has 2 heterocycles. The molecule has 5 heteroatoms. The Balaban J connectivity index is 1.85. The molecular weight excluding hydrogens is 312 g/mol.